The Morgan fingerprint density at radius 1 is 1.14 bits per heavy atom. The quantitative estimate of drug-likeness (QED) is 0.593. The third-order valence-corrected chi connectivity index (χ3v) is 7.75. The third kappa shape index (κ3) is 5.90. The number of amides is 2. The molecule has 188 valence electrons. The highest BCUT2D eigenvalue weighted by atomic mass is 32.1. The number of nitrogens with zero attached hydrogens (tertiary/aromatic N) is 2. The standard InChI is InChI=1S/C26H34N4O4S/c1-26(2,3)29-16-8-9-20(17(15-16)25(33)34-4)30-14-12-19(24(30)32)28-23(31)22-11-10-21(35-22)18-7-5-6-13-27-18/h5-7,10-11,13,16-17,19-20,29H,8-9,12,14-15H2,1-4H3,(H,28,31)/t16?,17?,19-,20?/m0/s1. The van der Waals surface area contributed by atoms with Crippen LogP contribution in [0, 0.1) is 5.92 Å². The van der Waals surface area contributed by atoms with Crippen molar-refractivity contribution in [1.82, 2.24) is 20.5 Å². The third-order valence-electron chi connectivity index (χ3n) is 6.65. The molecule has 1 aliphatic carbocycles. The minimum absolute atomic E-state index is 0.0603. The topological polar surface area (TPSA) is 101 Å². The first kappa shape index (κ1) is 25.3. The summed E-state index contributed by atoms with van der Waals surface area (Å²) in [6.07, 6.45) is 4.47. The molecule has 1 saturated heterocycles. The van der Waals surface area contributed by atoms with Crippen LogP contribution in [0.2, 0.25) is 0 Å². The van der Waals surface area contributed by atoms with Gasteiger partial charge in [0.15, 0.2) is 0 Å². The number of rotatable bonds is 6. The van der Waals surface area contributed by atoms with Gasteiger partial charge in [0.2, 0.25) is 5.91 Å². The van der Waals surface area contributed by atoms with Gasteiger partial charge in [0.25, 0.3) is 5.91 Å². The predicted octanol–water partition coefficient (Wildman–Crippen LogP) is 3.24. The number of hydrogen-bond acceptors (Lipinski definition) is 7. The molecule has 0 bridgehead atoms. The molecular weight excluding hydrogens is 464 g/mol. The molecule has 0 aromatic carbocycles. The van der Waals surface area contributed by atoms with Crippen molar-refractivity contribution < 1.29 is 19.1 Å². The largest absolute Gasteiger partial charge is 0.469 e. The summed E-state index contributed by atoms with van der Waals surface area (Å²) in [4.78, 5) is 46.4. The molecule has 2 aliphatic rings. The van der Waals surface area contributed by atoms with Crippen molar-refractivity contribution in [1.29, 1.82) is 0 Å². The number of aromatic nitrogens is 1. The van der Waals surface area contributed by atoms with Crippen LogP contribution in [0.5, 0.6) is 0 Å². The van der Waals surface area contributed by atoms with Crippen LogP contribution in [0.25, 0.3) is 10.6 Å². The molecule has 9 heteroatoms. The van der Waals surface area contributed by atoms with Crippen molar-refractivity contribution in [2.45, 2.75) is 70.1 Å². The lowest BCUT2D eigenvalue weighted by molar-refractivity contribution is -0.151. The summed E-state index contributed by atoms with van der Waals surface area (Å²) in [5.41, 5.74) is 0.750. The molecule has 0 spiro atoms. The lowest BCUT2D eigenvalue weighted by atomic mass is 9.80. The minimum atomic E-state index is -0.591. The summed E-state index contributed by atoms with van der Waals surface area (Å²) in [6, 6.07) is 8.67. The van der Waals surface area contributed by atoms with Gasteiger partial charge in [0.05, 0.1) is 28.5 Å². The highest BCUT2D eigenvalue weighted by Gasteiger charge is 2.45. The monoisotopic (exact) mass is 498 g/mol. The van der Waals surface area contributed by atoms with Crippen LogP contribution in [-0.2, 0) is 14.3 Å². The van der Waals surface area contributed by atoms with Gasteiger partial charge < -0.3 is 20.3 Å². The average Bonchev–Trinajstić information content (AvgIpc) is 3.46. The van der Waals surface area contributed by atoms with E-state index in [1.807, 2.05) is 24.3 Å². The SMILES string of the molecule is COC(=O)C1CC(NC(C)(C)C)CCC1N1CC[C@H](NC(=O)c2ccc(-c3ccccn3)s2)C1=O. The van der Waals surface area contributed by atoms with E-state index in [9.17, 15) is 14.4 Å². The molecule has 4 rings (SSSR count). The molecule has 2 aromatic heterocycles. The van der Waals surface area contributed by atoms with Crippen LogP contribution in [0.1, 0.15) is 56.1 Å². The number of carbonyl (C=O) groups is 3. The summed E-state index contributed by atoms with van der Waals surface area (Å²) in [5, 5.41) is 6.49. The number of nitrogens with one attached hydrogen (secondary N) is 2. The lowest BCUT2D eigenvalue weighted by Crippen LogP contribution is -2.55. The molecule has 1 saturated carbocycles. The van der Waals surface area contributed by atoms with Gasteiger partial charge in [-0.15, -0.1) is 11.3 Å². The predicted molar refractivity (Wildman–Crippen MR) is 135 cm³/mol. The summed E-state index contributed by atoms with van der Waals surface area (Å²) < 4.78 is 5.10. The summed E-state index contributed by atoms with van der Waals surface area (Å²) >= 11 is 1.35. The molecule has 1 aliphatic heterocycles. The number of carbonyl (C=O) groups excluding carboxylic acids is 3. The molecule has 2 fully saturated rings. The lowest BCUT2D eigenvalue weighted by Gasteiger charge is -2.41. The molecule has 3 unspecified atom stereocenters. The van der Waals surface area contributed by atoms with Crippen LogP contribution in [0.15, 0.2) is 36.5 Å². The first-order chi connectivity index (χ1) is 16.7. The molecule has 8 nitrogen and oxygen atoms in total. The van der Waals surface area contributed by atoms with Gasteiger partial charge in [-0.05, 0) is 70.7 Å². The molecular formula is C26H34N4O4S. The summed E-state index contributed by atoms with van der Waals surface area (Å²) in [5.74, 6) is -1.05. The van der Waals surface area contributed by atoms with Crippen LogP contribution in [0.4, 0.5) is 0 Å². The number of likely N-dealkylation sites (tertiary alicyclic amines) is 1. The van der Waals surface area contributed by atoms with Crippen molar-refractivity contribution in [2.24, 2.45) is 5.92 Å². The smallest absolute Gasteiger partial charge is 0.310 e. The van der Waals surface area contributed by atoms with E-state index < -0.39 is 6.04 Å². The highest BCUT2D eigenvalue weighted by molar-refractivity contribution is 7.17. The van der Waals surface area contributed by atoms with E-state index in [1.54, 1.807) is 17.2 Å². The van der Waals surface area contributed by atoms with E-state index >= 15 is 0 Å². The van der Waals surface area contributed by atoms with Crippen molar-refractivity contribution in [2.75, 3.05) is 13.7 Å². The highest BCUT2D eigenvalue weighted by Crippen LogP contribution is 2.33. The molecule has 35 heavy (non-hydrogen) atoms. The fraction of sp³-hybridized carbons (Fsp3) is 0.538. The van der Waals surface area contributed by atoms with Gasteiger partial charge >= 0.3 is 5.97 Å². The zero-order valence-electron chi connectivity index (χ0n) is 20.7. The van der Waals surface area contributed by atoms with Gasteiger partial charge in [0.1, 0.15) is 6.04 Å². The molecule has 0 radical (unpaired) electrons. The zero-order valence-corrected chi connectivity index (χ0v) is 21.6. The van der Waals surface area contributed by atoms with Crippen molar-refractivity contribution in [3.8, 4) is 10.6 Å². The van der Waals surface area contributed by atoms with E-state index in [4.69, 9.17) is 4.74 Å². The number of thiophene rings is 1. The molecule has 2 aromatic rings. The van der Waals surface area contributed by atoms with Gasteiger partial charge in [-0.3, -0.25) is 19.4 Å². The van der Waals surface area contributed by atoms with E-state index in [0.717, 1.165) is 23.4 Å². The number of pyridine rings is 1. The minimum Gasteiger partial charge on any atom is -0.469 e. The Bertz CT molecular complexity index is 1060. The van der Waals surface area contributed by atoms with Gasteiger partial charge in [-0.25, -0.2) is 0 Å². The average molecular weight is 499 g/mol. The maximum absolute atomic E-state index is 13.3. The number of methoxy groups -OCH3 is 1. The Morgan fingerprint density at radius 2 is 1.94 bits per heavy atom. The number of ether oxygens (including phenoxy) is 1. The Morgan fingerprint density at radius 3 is 2.63 bits per heavy atom. The van der Waals surface area contributed by atoms with E-state index in [-0.39, 0.29) is 41.3 Å². The molecule has 2 amide bonds. The maximum Gasteiger partial charge on any atom is 0.310 e. The Kier molecular flexibility index (Phi) is 7.56. The van der Waals surface area contributed by atoms with Crippen LogP contribution >= 0.6 is 11.3 Å². The summed E-state index contributed by atoms with van der Waals surface area (Å²) in [7, 11) is 1.40. The molecule has 3 heterocycles. The zero-order chi connectivity index (χ0) is 25.2. The fourth-order valence-electron chi connectivity index (χ4n) is 5.18. The van der Waals surface area contributed by atoms with E-state index in [0.29, 0.717) is 24.3 Å². The van der Waals surface area contributed by atoms with Gasteiger partial charge in [-0.1, -0.05) is 6.07 Å². The van der Waals surface area contributed by atoms with Gasteiger partial charge in [-0.2, -0.15) is 0 Å². The van der Waals surface area contributed by atoms with Crippen LogP contribution < -0.4 is 10.6 Å². The molecule has 2 N–H and O–H groups in total. The Labute approximate surface area is 210 Å². The summed E-state index contributed by atoms with van der Waals surface area (Å²) in [6.45, 7) is 6.84. The van der Waals surface area contributed by atoms with Crippen LogP contribution in [-0.4, -0.2) is 65.0 Å². The van der Waals surface area contributed by atoms with Gasteiger partial charge in [0, 0.05) is 30.4 Å². The van der Waals surface area contributed by atoms with E-state index in [2.05, 4.69) is 36.4 Å². The normalized spacial score (nSPS) is 24.9. The first-order valence-electron chi connectivity index (χ1n) is 12.1. The Balaban J connectivity index is 1.41. The maximum atomic E-state index is 13.3. The van der Waals surface area contributed by atoms with Crippen molar-refractivity contribution >= 4 is 29.1 Å². The second kappa shape index (κ2) is 10.5. The van der Waals surface area contributed by atoms with Crippen molar-refractivity contribution in [3.63, 3.8) is 0 Å². The number of esters is 1. The second-order valence-corrected chi connectivity index (χ2v) is 11.4. The first-order valence-corrected chi connectivity index (χ1v) is 13.0. The Hall–Kier alpha value is -2.78. The fourth-order valence-corrected chi connectivity index (χ4v) is 6.06. The van der Waals surface area contributed by atoms with Crippen LogP contribution in [0.3, 0.4) is 0 Å². The number of hydrogen-bond donors (Lipinski definition) is 2. The molecule has 4 atom stereocenters. The second-order valence-electron chi connectivity index (χ2n) is 10.3. The van der Waals surface area contributed by atoms with E-state index in [1.165, 1.54) is 18.4 Å². The van der Waals surface area contributed by atoms with Crippen molar-refractivity contribution in [3.05, 3.63) is 41.4 Å².